The zero-order valence-corrected chi connectivity index (χ0v) is 10.3. The third-order valence-corrected chi connectivity index (χ3v) is 3.94. The number of rotatable bonds is 3. The number of benzene rings is 1. The summed E-state index contributed by atoms with van der Waals surface area (Å²) in [6.45, 7) is 0.642. The number of phenolic OH excluding ortho intramolecular Hbond substituents is 1. The maximum absolute atomic E-state index is 9.71. The Morgan fingerprint density at radius 3 is 3.00 bits per heavy atom. The molecule has 92 valence electrons. The van der Waals surface area contributed by atoms with Gasteiger partial charge in [-0.25, -0.2) is 0 Å². The van der Waals surface area contributed by atoms with Gasteiger partial charge in [0.15, 0.2) is 0 Å². The Balaban J connectivity index is 1.62. The molecule has 0 spiro atoms. The normalized spacial score (nSPS) is 31.0. The molecule has 2 aliphatic heterocycles. The van der Waals surface area contributed by atoms with Crippen LogP contribution in [0, 0.1) is 0 Å². The van der Waals surface area contributed by atoms with Gasteiger partial charge in [0.25, 0.3) is 0 Å². The van der Waals surface area contributed by atoms with Gasteiger partial charge in [-0.05, 0) is 37.5 Å². The molecule has 3 atom stereocenters. The van der Waals surface area contributed by atoms with Gasteiger partial charge in [0, 0.05) is 23.2 Å². The van der Waals surface area contributed by atoms with E-state index in [1.165, 1.54) is 6.42 Å². The molecule has 3 nitrogen and oxygen atoms in total. The predicted molar refractivity (Wildman–Crippen MR) is 66.3 cm³/mol. The van der Waals surface area contributed by atoms with Crippen molar-refractivity contribution in [2.75, 3.05) is 0 Å². The smallest absolute Gasteiger partial charge is 0.120 e. The van der Waals surface area contributed by atoms with E-state index < -0.39 is 0 Å². The van der Waals surface area contributed by atoms with Crippen molar-refractivity contribution in [3.63, 3.8) is 0 Å². The Morgan fingerprint density at radius 2 is 2.29 bits per heavy atom. The minimum Gasteiger partial charge on any atom is -0.508 e. The lowest BCUT2D eigenvalue weighted by molar-refractivity contribution is 0.0972. The van der Waals surface area contributed by atoms with Crippen molar-refractivity contribution in [3.05, 3.63) is 28.8 Å². The lowest BCUT2D eigenvalue weighted by atomic mass is 9.95. The minimum absolute atomic E-state index is 0.297. The largest absolute Gasteiger partial charge is 0.508 e. The zero-order valence-electron chi connectivity index (χ0n) is 9.53. The monoisotopic (exact) mass is 253 g/mol. The fourth-order valence-electron chi connectivity index (χ4n) is 2.79. The molecule has 2 aliphatic rings. The summed E-state index contributed by atoms with van der Waals surface area (Å²) in [6.07, 6.45) is 4.26. The van der Waals surface area contributed by atoms with Crippen LogP contribution >= 0.6 is 11.6 Å². The summed E-state index contributed by atoms with van der Waals surface area (Å²) in [5, 5.41) is 13.8. The summed E-state index contributed by atoms with van der Waals surface area (Å²) >= 11 is 5.91. The highest BCUT2D eigenvalue weighted by Gasteiger charge is 2.40. The van der Waals surface area contributed by atoms with Crippen molar-refractivity contribution in [2.24, 2.45) is 0 Å². The van der Waals surface area contributed by atoms with Crippen LogP contribution in [0.1, 0.15) is 24.8 Å². The van der Waals surface area contributed by atoms with Gasteiger partial charge >= 0.3 is 0 Å². The summed E-state index contributed by atoms with van der Waals surface area (Å²) in [6, 6.07) is 5.56. The molecule has 0 radical (unpaired) electrons. The first kappa shape index (κ1) is 11.3. The number of hydrogen-bond donors (Lipinski definition) is 2. The van der Waals surface area contributed by atoms with Crippen LogP contribution < -0.4 is 5.32 Å². The highest BCUT2D eigenvalue weighted by atomic mass is 35.5. The van der Waals surface area contributed by atoms with E-state index in [1.54, 1.807) is 18.2 Å². The molecule has 2 fully saturated rings. The molecule has 1 aromatic carbocycles. The van der Waals surface area contributed by atoms with E-state index in [4.69, 9.17) is 16.3 Å². The van der Waals surface area contributed by atoms with Gasteiger partial charge in [0.1, 0.15) is 5.75 Å². The average molecular weight is 254 g/mol. The van der Waals surface area contributed by atoms with Gasteiger partial charge in [-0.1, -0.05) is 11.6 Å². The van der Waals surface area contributed by atoms with Crippen LogP contribution in [0.2, 0.25) is 5.02 Å². The second kappa shape index (κ2) is 4.48. The molecule has 0 amide bonds. The third-order valence-electron chi connectivity index (χ3n) is 3.70. The van der Waals surface area contributed by atoms with Crippen LogP contribution in [-0.4, -0.2) is 23.4 Å². The van der Waals surface area contributed by atoms with Crippen LogP contribution in [0.5, 0.6) is 5.75 Å². The number of phenols is 1. The number of ether oxygens (including phenoxy) is 1. The maximum Gasteiger partial charge on any atom is 0.120 e. The van der Waals surface area contributed by atoms with E-state index in [0.29, 0.717) is 35.6 Å². The van der Waals surface area contributed by atoms with Gasteiger partial charge in [-0.2, -0.15) is 0 Å². The minimum atomic E-state index is 0.297. The summed E-state index contributed by atoms with van der Waals surface area (Å²) in [5.41, 5.74) is 0.847. The van der Waals surface area contributed by atoms with Crippen LogP contribution in [0.25, 0.3) is 0 Å². The lowest BCUT2D eigenvalue weighted by Crippen LogP contribution is -2.36. The first-order valence-electron chi connectivity index (χ1n) is 6.08. The predicted octanol–water partition coefficient (Wildman–Crippen LogP) is 2.46. The first-order valence-corrected chi connectivity index (χ1v) is 6.46. The van der Waals surface area contributed by atoms with E-state index in [1.807, 2.05) is 0 Å². The quantitative estimate of drug-likeness (QED) is 0.870. The van der Waals surface area contributed by atoms with E-state index in [-0.39, 0.29) is 0 Å². The number of aromatic hydroxyl groups is 1. The van der Waals surface area contributed by atoms with E-state index in [2.05, 4.69) is 5.32 Å². The number of hydrogen-bond acceptors (Lipinski definition) is 3. The summed E-state index contributed by atoms with van der Waals surface area (Å²) in [7, 11) is 0. The van der Waals surface area contributed by atoms with Gasteiger partial charge in [-0.15, -0.1) is 0 Å². The topological polar surface area (TPSA) is 41.5 Å². The Bertz CT molecular complexity index is 424. The molecular weight excluding hydrogens is 238 g/mol. The van der Waals surface area contributed by atoms with Crippen molar-refractivity contribution in [3.8, 4) is 5.75 Å². The molecule has 1 aromatic rings. The Morgan fingerprint density at radius 1 is 1.41 bits per heavy atom. The number of nitrogens with one attached hydrogen (secondary N) is 1. The summed E-state index contributed by atoms with van der Waals surface area (Å²) in [5.74, 6) is 0.297. The van der Waals surface area contributed by atoms with E-state index >= 15 is 0 Å². The van der Waals surface area contributed by atoms with Crippen LogP contribution in [0.3, 0.4) is 0 Å². The second-order valence-electron chi connectivity index (χ2n) is 4.87. The van der Waals surface area contributed by atoms with Crippen molar-refractivity contribution in [1.82, 2.24) is 5.32 Å². The Kier molecular flexibility index (Phi) is 2.99. The standard InChI is InChI=1S/C13H16ClNO2/c14-9-1-3-12(16)8(5-9)7-15-11-6-10-2-4-13(11)17-10/h1,3,5,10-11,13,15-16H,2,4,6-7H2. The van der Waals surface area contributed by atoms with E-state index in [9.17, 15) is 5.11 Å². The van der Waals surface area contributed by atoms with Crippen molar-refractivity contribution in [1.29, 1.82) is 0 Å². The molecule has 2 bridgehead atoms. The van der Waals surface area contributed by atoms with Gasteiger partial charge in [0.2, 0.25) is 0 Å². The Labute approximate surface area is 106 Å². The highest BCUT2D eigenvalue weighted by molar-refractivity contribution is 6.30. The zero-order chi connectivity index (χ0) is 11.8. The fourth-order valence-corrected chi connectivity index (χ4v) is 2.98. The lowest BCUT2D eigenvalue weighted by Gasteiger charge is -2.20. The molecule has 2 heterocycles. The molecule has 0 aromatic heterocycles. The SMILES string of the molecule is Oc1ccc(Cl)cc1CNC1CC2CCC1O2. The number of fused-ring (bicyclic) bond motifs is 2. The molecule has 2 saturated heterocycles. The number of halogens is 1. The summed E-state index contributed by atoms with van der Waals surface area (Å²) < 4.78 is 5.78. The fraction of sp³-hybridized carbons (Fsp3) is 0.538. The van der Waals surface area contributed by atoms with Crippen LogP contribution in [-0.2, 0) is 11.3 Å². The average Bonchev–Trinajstić information content (AvgIpc) is 2.92. The van der Waals surface area contributed by atoms with Crippen molar-refractivity contribution in [2.45, 2.75) is 44.1 Å². The maximum atomic E-state index is 9.71. The first-order chi connectivity index (χ1) is 8.22. The molecule has 3 unspecified atom stereocenters. The van der Waals surface area contributed by atoms with Gasteiger partial charge < -0.3 is 15.2 Å². The molecule has 0 aliphatic carbocycles. The Hall–Kier alpha value is -0.770. The summed E-state index contributed by atoms with van der Waals surface area (Å²) in [4.78, 5) is 0. The molecule has 3 rings (SSSR count). The van der Waals surface area contributed by atoms with E-state index in [0.717, 1.165) is 18.4 Å². The van der Waals surface area contributed by atoms with Gasteiger partial charge in [0.05, 0.1) is 12.2 Å². The molecule has 4 heteroatoms. The molecule has 0 saturated carbocycles. The second-order valence-corrected chi connectivity index (χ2v) is 5.31. The molecular formula is C13H16ClNO2. The highest BCUT2D eigenvalue weighted by Crippen LogP contribution is 2.34. The van der Waals surface area contributed by atoms with Gasteiger partial charge in [-0.3, -0.25) is 0 Å². The van der Waals surface area contributed by atoms with Crippen molar-refractivity contribution < 1.29 is 9.84 Å². The molecule has 2 N–H and O–H groups in total. The van der Waals surface area contributed by atoms with Crippen LogP contribution in [0.15, 0.2) is 18.2 Å². The molecule has 17 heavy (non-hydrogen) atoms. The van der Waals surface area contributed by atoms with Crippen molar-refractivity contribution >= 4 is 11.6 Å². The third kappa shape index (κ3) is 2.28. The van der Waals surface area contributed by atoms with Crippen LogP contribution in [0.4, 0.5) is 0 Å².